The van der Waals surface area contributed by atoms with E-state index in [1.165, 1.54) is 0 Å². The van der Waals surface area contributed by atoms with Crippen LogP contribution in [0.2, 0.25) is 0 Å². The van der Waals surface area contributed by atoms with Gasteiger partial charge < -0.3 is 5.73 Å². The highest BCUT2D eigenvalue weighted by atomic mass is 19.4. The summed E-state index contributed by atoms with van der Waals surface area (Å²) in [4.78, 5) is 0. The Kier molecular flexibility index (Phi) is 3.91. The van der Waals surface area contributed by atoms with Crippen LogP contribution in [0, 0.1) is 11.3 Å². The summed E-state index contributed by atoms with van der Waals surface area (Å²) >= 11 is 0. The molecule has 0 aromatic heterocycles. The molecule has 0 amide bonds. The van der Waals surface area contributed by atoms with Crippen LogP contribution in [0.5, 0.6) is 0 Å². The Morgan fingerprint density at radius 1 is 1.31 bits per heavy atom. The first-order valence-corrected chi connectivity index (χ1v) is 4.75. The van der Waals surface area contributed by atoms with Crippen molar-refractivity contribution in [3.8, 4) is 6.07 Å². The molecule has 0 spiro atoms. The molecule has 1 aromatic rings. The van der Waals surface area contributed by atoms with Crippen LogP contribution in [0.1, 0.15) is 30.0 Å². The number of nitriles is 1. The van der Waals surface area contributed by atoms with E-state index >= 15 is 0 Å². The van der Waals surface area contributed by atoms with Crippen molar-refractivity contribution >= 4 is 0 Å². The Balaban J connectivity index is 2.74. The third kappa shape index (κ3) is 3.55. The lowest BCUT2D eigenvalue weighted by molar-refractivity contribution is -0.136. The summed E-state index contributed by atoms with van der Waals surface area (Å²) in [5, 5.41) is 8.77. The molecule has 0 aliphatic carbocycles. The summed E-state index contributed by atoms with van der Waals surface area (Å²) in [5.74, 6) is 0. The van der Waals surface area contributed by atoms with Gasteiger partial charge in [-0.2, -0.15) is 18.4 Å². The zero-order valence-electron chi connectivity index (χ0n) is 8.46. The number of benzene rings is 1. The summed E-state index contributed by atoms with van der Waals surface area (Å²) in [7, 11) is 0. The molecule has 5 heteroatoms. The van der Waals surface area contributed by atoms with Gasteiger partial charge in [0.1, 0.15) is 0 Å². The van der Waals surface area contributed by atoms with Crippen LogP contribution in [0.25, 0.3) is 0 Å². The molecule has 2 N–H and O–H groups in total. The molecule has 0 unspecified atom stereocenters. The minimum atomic E-state index is -4.21. The maximum atomic E-state index is 12.0. The number of nitrogens with zero attached hydrogens (tertiary/aromatic N) is 1. The maximum Gasteiger partial charge on any atom is 0.389 e. The van der Waals surface area contributed by atoms with Crippen molar-refractivity contribution in [1.29, 1.82) is 5.26 Å². The van der Waals surface area contributed by atoms with E-state index in [4.69, 9.17) is 11.0 Å². The van der Waals surface area contributed by atoms with Crippen molar-refractivity contribution in [1.82, 2.24) is 0 Å². The standard InChI is InChI=1S/C11H11F3N2/c12-11(13,14)6-5-10(16)9-4-2-1-3-8(9)7-15/h1-4,10H,5-6,16H2/t10-/m1/s1. The minimum Gasteiger partial charge on any atom is -0.324 e. The summed E-state index contributed by atoms with van der Waals surface area (Å²) in [6, 6.07) is 7.60. The van der Waals surface area contributed by atoms with Crippen LogP contribution < -0.4 is 5.73 Å². The lowest BCUT2D eigenvalue weighted by Gasteiger charge is -2.14. The Morgan fingerprint density at radius 2 is 1.94 bits per heavy atom. The van der Waals surface area contributed by atoms with E-state index in [1.807, 2.05) is 6.07 Å². The van der Waals surface area contributed by atoms with Gasteiger partial charge in [-0.3, -0.25) is 0 Å². The van der Waals surface area contributed by atoms with Gasteiger partial charge in [-0.25, -0.2) is 0 Å². The molecule has 0 radical (unpaired) electrons. The van der Waals surface area contributed by atoms with Gasteiger partial charge in [0.05, 0.1) is 11.6 Å². The number of hydrogen-bond donors (Lipinski definition) is 1. The fourth-order valence-corrected chi connectivity index (χ4v) is 1.40. The third-order valence-electron chi connectivity index (χ3n) is 2.22. The topological polar surface area (TPSA) is 49.8 Å². The van der Waals surface area contributed by atoms with Gasteiger partial charge >= 0.3 is 6.18 Å². The van der Waals surface area contributed by atoms with Gasteiger partial charge in [0.2, 0.25) is 0 Å². The fraction of sp³-hybridized carbons (Fsp3) is 0.364. The highest BCUT2D eigenvalue weighted by Crippen LogP contribution is 2.27. The number of alkyl halides is 3. The third-order valence-corrected chi connectivity index (χ3v) is 2.22. The Labute approximate surface area is 91.5 Å². The average molecular weight is 228 g/mol. The van der Waals surface area contributed by atoms with Gasteiger partial charge in [-0.05, 0) is 18.1 Å². The van der Waals surface area contributed by atoms with Crippen molar-refractivity contribution in [2.24, 2.45) is 5.73 Å². The first-order chi connectivity index (χ1) is 7.44. The van der Waals surface area contributed by atoms with Gasteiger partial charge in [0, 0.05) is 12.5 Å². The molecule has 1 atom stereocenters. The smallest absolute Gasteiger partial charge is 0.324 e. The molecule has 86 valence electrons. The first kappa shape index (κ1) is 12.5. The molecule has 0 saturated carbocycles. The monoisotopic (exact) mass is 228 g/mol. The zero-order chi connectivity index (χ0) is 12.2. The quantitative estimate of drug-likeness (QED) is 0.864. The van der Waals surface area contributed by atoms with Gasteiger partial charge in [0.25, 0.3) is 0 Å². The molecule has 16 heavy (non-hydrogen) atoms. The van der Waals surface area contributed by atoms with Gasteiger partial charge in [-0.1, -0.05) is 18.2 Å². The lowest BCUT2D eigenvalue weighted by Crippen LogP contribution is -2.16. The number of rotatable bonds is 3. The highest BCUT2D eigenvalue weighted by molar-refractivity contribution is 5.39. The summed E-state index contributed by atoms with van der Waals surface area (Å²) < 4.78 is 36.0. The van der Waals surface area contributed by atoms with E-state index in [-0.39, 0.29) is 6.42 Å². The molecule has 0 bridgehead atoms. The molecule has 0 saturated heterocycles. The fourth-order valence-electron chi connectivity index (χ4n) is 1.40. The van der Waals surface area contributed by atoms with E-state index in [0.29, 0.717) is 11.1 Å². The molecule has 2 nitrogen and oxygen atoms in total. The molecule has 1 aromatic carbocycles. The predicted octanol–water partition coefficient (Wildman–Crippen LogP) is 2.90. The van der Waals surface area contributed by atoms with Crippen LogP contribution in [0.15, 0.2) is 24.3 Å². The van der Waals surface area contributed by atoms with Crippen LogP contribution in [0.3, 0.4) is 0 Å². The van der Waals surface area contributed by atoms with E-state index in [1.54, 1.807) is 24.3 Å². The van der Waals surface area contributed by atoms with Crippen molar-refractivity contribution in [2.45, 2.75) is 25.1 Å². The highest BCUT2D eigenvalue weighted by Gasteiger charge is 2.28. The summed E-state index contributed by atoms with van der Waals surface area (Å²) in [6.07, 6.45) is -5.35. The molecule has 0 aliphatic heterocycles. The van der Waals surface area contributed by atoms with Crippen molar-refractivity contribution in [2.75, 3.05) is 0 Å². The molecule has 0 heterocycles. The normalized spacial score (nSPS) is 13.2. The number of halogens is 3. The lowest BCUT2D eigenvalue weighted by atomic mass is 9.98. The van der Waals surface area contributed by atoms with E-state index < -0.39 is 18.6 Å². The van der Waals surface area contributed by atoms with Gasteiger partial charge in [-0.15, -0.1) is 0 Å². The van der Waals surface area contributed by atoms with Crippen LogP contribution >= 0.6 is 0 Å². The van der Waals surface area contributed by atoms with Gasteiger partial charge in [0.15, 0.2) is 0 Å². The molecule has 1 rings (SSSR count). The first-order valence-electron chi connectivity index (χ1n) is 4.75. The molecular formula is C11H11F3N2. The van der Waals surface area contributed by atoms with Crippen LogP contribution in [-0.4, -0.2) is 6.18 Å². The Morgan fingerprint density at radius 3 is 2.50 bits per heavy atom. The van der Waals surface area contributed by atoms with E-state index in [0.717, 1.165) is 0 Å². The second kappa shape index (κ2) is 4.99. The molecule has 0 fully saturated rings. The van der Waals surface area contributed by atoms with Crippen molar-refractivity contribution in [3.05, 3.63) is 35.4 Å². The zero-order valence-corrected chi connectivity index (χ0v) is 8.46. The number of nitrogens with two attached hydrogens (primary N) is 1. The largest absolute Gasteiger partial charge is 0.389 e. The second-order valence-corrected chi connectivity index (χ2v) is 3.46. The summed E-state index contributed by atoms with van der Waals surface area (Å²) in [6.45, 7) is 0. The minimum absolute atomic E-state index is 0.206. The molecule has 0 aliphatic rings. The molecular weight excluding hydrogens is 217 g/mol. The summed E-state index contributed by atoms with van der Waals surface area (Å²) in [5.41, 5.74) is 6.43. The number of hydrogen-bond acceptors (Lipinski definition) is 2. The average Bonchev–Trinajstić information content (AvgIpc) is 2.25. The second-order valence-electron chi connectivity index (χ2n) is 3.46. The van der Waals surface area contributed by atoms with Crippen molar-refractivity contribution in [3.63, 3.8) is 0 Å². The van der Waals surface area contributed by atoms with Crippen LogP contribution in [-0.2, 0) is 0 Å². The Hall–Kier alpha value is -1.54. The SMILES string of the molecule is N#Cc1ccccc1[C@H](N)CCC(F)(F)F. The Bertz CT molecular complexity index is 393. The van der Waals surface area contributed by atoms with Crippen molar-refractivity contribution < 1.29 is 13.2 Å². The predicted molar refractivity (Wildman–Crippen MR) is 53.4 cm³/mol. The maximum absolute atomic E-state index is 12.0. The van der Waals surface area contributed by atoms with E-state index in [2.05, 4.69) is 0 Å². The van der Waals surface area contributed by atoms with E-state index in [9.17, 15) is 13.2 Å². The van der Waals surface area contributed by atoms with Crippen LogP contribution in [0.4, 0.5) is 13.2 Å².